The molecule has 1 aliphatic heterocycles. The van der Waals surface area contributed by atoms with Crippen LogP contribution >= 0.6 is 34.4 Å². The van der Waals surface area contributed by atoms with Gasteiger partial charge in [0, 0.05) is 25.9 Å². The van der Waals surface area contributed by atoms with Crippen LogP contribution in [0.4, 0.5) is 5.69 Å². The van der Waals surface area contributed by atoms with E-state index in [1.807, 2.05) is 11.8 Å². The minimum absolute atomic E-state index is 0.651. The van der Waals surface area contributed by atoms with Crippen molar-refractivity contribution in [3.63, 3.8) is 0 Å². The Kier molecular flexibility index (Phi) is 3.80. The third kappa shape index (κ3) is 2.67. The van der Waals surface area contributed by atoms with E-state index in [1.54, 1.807) is 0 Å². The van der Waals surface area contributed by atoms with Gasteiger partial charge < -0.3 is 5.32 Å². The predicted octanol–water partition coefficient (Wildman–Crippen LogP) is 4.42. The third-order valence-electron chi connectivity index (χ3n) is 3.11. The zero-order valence-electron chi connectivity index (χ0n) is 9.90. The van der Waals surface area contributed by atoms with E-state index in [2.05, 4.69) is 76.4 Å². The fourth-order valence-corrected chi connectivity index (χ4v) is 4.02. The summed E-state index contributed by atoms with van der Waals surface area (Å²) in [5, 5.41) is 4.21. The van der Waals surface area contributed by atoms with Crippen molar-refractivity contribution in [2.75, 3.05) is 11.9 Å². The van der Waals surface area contributed by atoms with Gasteiger partial charge in [-0.25, -0.2) is 0 Å². The van der Waals surface area contributed by atoms with Crippen LogP contribution in [0.3, 0.4) is 0 Å². The second kappa shape index (κ2) is 5.53. The van der Waals surface area contributed by atoms with E-state index in [-0.39, 0.29) is 0 Å². The molecule has 1 nitrogen and oxygen atoms in total. The van der Waals surface area contributed by atoms with Gasteiger partial charge in [0.05, 0.1) is 0 Å². The molecule has 0 aromatic heterocycles. The highest BCUT2D eigenvalue weighted by atomic mass is 127. The summed E-state index contributed by atoms with van der Waals surface area (Å²) in [4.78, 5) is 1.45. The van der Waals surface area contributed by atoms with E-state index in [1.165, 1.54) is 26.1 Å². The Morgan fingerprint density at radius 1 is 1.11 bits per heavy atom. The highest BCUT2D eigenvalue weighted by Crippen LogP contribution is 2.36. The average molecular weight is 367 g/mol. The van der Waals surface area contributed by atoms with Gasteiger partial charge in [-0.15, -0.1) is 11.8 Å². The molecule has 0 saturated carbocycles. The first-order valence-electron chi connectivity index (χ1n) is 6.06. The molecule has 1 heterocycles. The van der Waals surface area contributed by atoms with Crippen LogP contribution in [-0.4, -0.2) is 11.8 Å². The maximum atomic E-state index is 3.56. The van der Waals surface area contributed by atoms with Gasteiger partial charge in [-0.2, -0.15) is 0 Å². The lowest BCUT2D eigenvalue weighted by molar-refractivity contribution is 0.898. The zero-order valence-corrected chi connectivity index (χ0v) is 12.9. The van der Waals surface area contributed by atoms with Crippen LogP contribution < -0.4 is 5.32 Å². The molecule has 0 saturated heterocycles. The molecule has 3 rings (SSSR count). The minimum Gasteiger partial charge on any atom is -0.383 e. The molecule has 92 valence electrons. The van der Waals surface area contributed by atoms with E-state index in [9.17, 15) is 0 Å². The second-order valence-electron chi connectivity index (χ2n) is 4.41. The summed E-state index contributed by atoms with van der Waals surface area (Å²) in [7, 11) is 0. The quantitative estimate of drug-likeness (QED) is 0.806. The van der Waals surface area contributed by atoms with Crippen LogP contribution in [0.2, 0.25) is 0 Å². The Bertz CT molecular complexity index is 531. The number of fused-ring (bicyclic) bond motifs is 1. The van der Waals surface area contributed by atoms with Crippen LogP contribution in [0.1, 0.15) is 5.56 Å². The topological polar surface area (TPSA) is 12.0 Å². The number of nitrogens with one attached hydrogen (secondary N) is 1. The van der Waals surface area contributed by atoms with E-state index >= 15 is 0 Å². The minimum atomic E-state index is 0.651. The van der Waals surface area contributed by atoms with Crippen LogP contribution in [0, 0.1) is 3.57 Å². The molecule has 1 N–H and O–H groups in total. The highest BCUT2D eigenvalue weighted by Gasteiger charge is 2.21. The molecule has 0 fully saturated rings. The fraction of sp³-hybridized carbons (Fsp3) is 0.200. The van der Waals surface area contributed by atoms with Gasteiger partial charge in [0.25, 0.3) is 0 Å². The van der Waals surface area contributed by atoms with Crippen LogP contribution in [-0.2, 0) is 6.42 Å². The first kappa shape index (κ1) is 12.4. The first-order chi connectivity index (χ1) is 8.83. The van der Waals surface area contributed by atoms with Gasteiger partial charge in [-0.3, -0.25) is 0 Å². The number of anilines is 1. The molecule has 0 spiro atoms. The average Bonchev–Trinajstić information content (AvgIpc) is 2.80. The molecular formula is C15H14INS. The molecule has 3 heteroatoms. The van der Waals surface area contributed by atoms with Crippen molar-refractivity contribution in [3.8, 4) is 0 Å². The SMILES string of the molecule is Ic1ccccc1NCC1Cc2ccccc2S1. The normalized spacial score (nSPS) is 17.5. The Hall–Kier alpha value is -0.680. The smallest absolute Gasteiger partial charge is 0.0476 e. The van der Waals surface area contributed by atoms with Crippen molar-refractivity contribution >= 4 is 40.0 Å². The van der Waals surface area contributed by atoms with Gasteiger partial charge in [0.1, 0.15) is 0 Å². The Morgan fingerprint density at radius 2 is 1.89 bits per heavy atom. The van der Waals surface area contributed by atoms with Gasteiger partial charge >= 0.3 is 0 Å². The summed E-state index contributed by atoms with van der Waals surface area (Å²) in [5.74, 6) is 0. The summed E-state index contributed by atoms with van der Waals surface area (Å²) >= 11 is 4.37. The van der Waals surface area contributed by atoms with Crippen LogP contribution in [0.15, 0.2) is 53.4 Å². The van der Waals surface area contributed by atoms with Crippen molar-refractivity contribution in [2.45, 2.75) is 16.6 Å². The lowest BCUT2D eigenvalue weighted by Crippen LogP contribution is -2.16. The molecule has 2 aromatic carbocycles. The van der Waals surface area contributed by atoms with Gasteiger partial charge in [-0.05, 0) is 52.8 Å². The molecule has 1 unspecified atom stereocenters. The van der Waals surface area contributed by atoms with Crippen molar-refractivity contribution in [1.29, 1.82) is 0 Å². The molecular weight excluding hydrogens is 353 g/mol. The third-order valence-corrected chi connectivity index (χ3v) is 5.37. The molecule has 0 bridgehead atoms. The molecule has 2 aromatic rings. The van der Waals surface area contributed by atoms with Crippen molar-refractivity contribution in [3.05, 3.63) is 57.7 Å². The maximum Gasteiger partial charge on any atom is 0.0476 e. The van der Waals surface area contributed by atoms with E-state index < -0.39 is 0 Å². The van der Waals surface area contributed by atoms with Gasteiger partial charge in [-0.1, -0.05) is 30.3 Å². The first-order valence-corrected chi connectivity index (χ1v) is 8.02. The maximum absolute atomic E-state index is 3.56. The Labute approximate surface area is 126 Å². The van der Waals surface area contributed by atoms with Crippen molar-refractivity contribution in [1.82, 2.24) is 0 Å². The standard InChI is InChI=1S/C15H14INS/c16-13-6-2-3-7-14(13)17-10-12-9-11-5-1-4-8-15(11)18-12/h1-8,12,17H,9-10H2. The number of para-hydroxylation sites is 1. The molecule has 1 atom stereocenters. The second-order valence-corrected chi connectivity index (χ2v) is 6.92. The number of hydrogen-bond acceptors (Lipinski definition) is 2. The van der Waals surface area contributed by atoms with Gasteiger partial charge in [0.2, 0.25) is 0 Å². The number of hydrogen-bond donors (Lipinski definition) is 1. The monoisotopic (exact) mass is 367 g/mol. The number of thioether (sulfide) groups is 1. The zero-order chi connectivity index (χ0) is 12.4. The number of benzene rings is 2. The van der Waals surface area contributed by atoms with E-state index in [0.29, 0.717) is 5.25 Å². The Balaban J connectivity index is 1.62. The molecule has 0 radical (unpaired) electrons. The number of halogens is 1. The predicted molar refractivity (Wildman–Crippen MR) is 87.4 cm³/mol. The van der Waals surface area contributed by atoms with Crippen LogP contribution in [0.25, 0.3) is 0 Å². The summed E-state index contributed by atoms with van der Waals surface area (Å²) in [6, 6.07) is 17.2. The summed E-state index contributed by atoms with van der Waals surface area (Å²) in [5.41, 5.74) is 2.74. The lowest BCUT2D eigenvalue weighted by atomic mass is 10.1. The molecule has 0 aliphatic carbocycles. The largest absolute Gasteiger partial charge is 0.383 e. The molecule has 18 heavy (non-hydrogen) atoms. The molecule has 1 aliphatic rings. The summed E-state index contributed by atoms with van der Waals surface area (Å²) in [6.45, 7) is 1.03. The van der Waals surface area contributed by atoms with Crippen molar-refractivity contribution in [2.24, 2.45) is 0 Å². The Morgan fingerprint density at radius 3 is 2.72 bits per heavy atom. The fourth-order valence-electron chi connectivity index (χ4n) is 2.20. The number of rotatable bonds is 3. The highest BCUT2D eigenvalue weighted by molar-refractivity contribution is 14.1. The van der Waals surface area contributed by atoms with E-state index in [4.69, 9.17) is 0 Å². The van der Waals surface area contributed by atoms with Gasteiger partial charge in [0.15, 0.2) is 0 Å². The van der Waals surface area contributed by atoms with E-state index in [0.717, 1.165) is 6.54 Å². The van der Waals surface area contributed by atoms with Crippen LogP contribution in [0.5, 0.6) is 0 Å². The summed E-state index contributed by atoms with van der Waals surface area (Å²) < 4.78 is 1.29. The van der Waals surface area contributed by atoms with Crippen molar-refractivity contribution < 1.29 is 0 Å². The lowest BCUT2D eigenvalue weighted by Gasteiger charge is -2.12. The summed E-state index contributed by atoms with van der Waals surface area (Å²) in [6.07, 6.45) is 1.18. The molecule has 0 amide bonds.